The second-order valence-electron chi connectivity index (χ2n) is 5.75. The van der Waals surface area contributed by atoms with Crippen LogP contribution in [-0.2, 0) is 4.74 Å². The normalized spacial score (nSPS) is 27.5. The Hall–Kier alpha value is -0.120. The Morgan fingerprint density at radius 3 is 2.61 bits per heavy atom. The van der Waals surface area contributed by atoms with Crippen molar-refractivity contribution in [3.8, 4) is 0 Å². The maximum Gasteiger partial charge on any atom is 0.0699 e. The van der Waals surface area contributed by atoms with Gasteiger partial charge in [0, 0.05) is 32.3 Å². The summed E-state index contributed by atoms with van der Waals surface area (Å²) in [5.74, 6) is 1.57. The van der Waals surface area contributed by atoms with Crippen LogP contribution in [0.4, 0.5) is 0 Å². The van der Waals surface area contributed by atoms with E-state index in [0.29, 0.717) is 12.1 Å². The van der Waals surface area contributed by atoms with Crippen molar-refractivity contribution in [3.63, 3.8) is 0 Å². The molecular formula is C15H32N2O. The quantitative estimate of drug-likeness (QED) is 0.789. The van der Waals surface area contributed by atoms with Crippen LogP contribution in [0.15, 0.2) is 0 Å². The maximum atomic E-state index is 5.76. The summed E-state index contributed by atoms with van der Waals surface area (Å²) >= 11 is 0. The van der Waals surface area contributed by atoms with Crippen molar-refractivity contribution >= 4 is 0 Å². The molecule has 1 aliphatic heterocycles. The summed E-state index contributed by atoms with van der Waals surface area (Å²) in [4.78, 5) is 2.61. The van der Waals surface area contributed by atoms with Crippen molar-refractivity contribution in [1.29, 1.82) is 0 Å². The van der Waals surface area contributed by atoms with Gasteiger partial charge in [0.15, 0.2) is 0 Å². The first-order chi connectivity index (χ1) is 8.60. The van der Waals surface area contributed by atoms with Gasteiger partial charge in [-0.3, -0.25) is 4.90 Å². The fourth-order valence-corrected chi connectivity index (χ4v) is 2.75. The molecule has 0 saturated carbocycles. The van der Waals surface area contributed by atoms with Crippen molar-refractivity contribution in [1.82, 2.24) is 10.2 Å². The highest BCUT2D eigenvalue weighted by Crippen LogP contribution is 2.20. The van der Waals surface area contributed by atoms with Crippen LogP contribution in [0.2, 0.25) is 0 Å². The number of nitrogens with one attached hydrogen (secondary N) is 1. The maximum absolute atomic E-state index is 5.76. The summed E-state index contributed by atoms with van der Waals surface area (Å²) in [5.41, 5.74) is 0. The molecule has 3 heteroatoms. The summed E-state index contributed by atoms with van der Waals surface area (Å²) in [6.45, 7) is 16.7. The monoisotopic (exact) mass is 256 g/mol. The zero-order valence-electron chi connectivity index (χ0n) is 12.9. The first-order valence-electron chi connectivity index (χ1n) is 7.66. The summed E-state index contributed by atoms with van der Waals surface area (Å²) in [6, 6.07) is 0.511. The standard InChI is InChI=1S/C15H32N2O/c1-6-12(3)15-10-16-8-9-17(11-15)13(4)14(5)18-7-2/h12-16H,6-11H2,1-5H3/t12?,13-,14?,15+/m0/s1. The van der Waals surface area contributed by atoms with E-state index in [1.54, 1.807) is 0 Å². The van der Waals surface area contributed by atoms with Crippen LogP contribution in [0.3, 0.4) is 0 Å². The number of hydrogen-bond acceptors (Lipinski definition) is 3. The van der Waals surface area contributed by atoms with Crippen LogP contribution in [0.5, 0.6) is 0 Å². The number of nitrogens with zero attached hydrogens (tertiary/aromatic N) is 1. The fraction of sp³-hybridized carbons (Fsp3) is 1.00. The summed E-state index contributed by atoms with van der Waals surface area (Å²) < 4.78 is 5.76. The van der Waals surface area contributed by atoms with Gasteiger partial charge in [-0.2, -0.15) is 0 Å². The highest BCUT2D eigenvalue weighted by molar-refractivity contribution is 4.82. The van der Waals surface area contributed by atoms with Crippen molar-refractivity contribution in [2.75, 3.05) is 32.8 Å². The Balaban J connectivity index is 2.57. The van der Waals surface area contributed by atoms with Gasteiger partial charge in [0.25, 0.3) is 0 Å². The van der Waals surface area contributed by atoms with Gasteiger partial charge < -0.3 is 10.1 Å². The third kappa shape index (κ3) is 4.52. The number of ether oxygens (including phenoxy) is 1. The van der Waals surface area contributed by atoms with Gasteiger partial charge in [-0.25, -0.2) is 0 Å². The minimum atomic E-state index is 0.325. The van der Waals surface area contributed by atoms with Crippen molar-refractivity contribution in [2.45, 2.75) is 53.2 Å². The van der Waals surface area contributed by atoms with Gasteiger partial charge in [0.1, 0.15) is 0 Å². The van der Waals surface area contributed by atoms with E-state index in [1.807, 2.05) is 0 Å². The molecule has 2 unspecified atom stereocenters. The molecule has 0 radical (unpaired) electrons. The molecule has 108 valence electrons. The molecule has 1 saturated heterocycles. The lowest BCUT2D eigenvalue weighted by Crippen LogP contribution is -2.45. The lowest BCUT2D eigenvalue weighted by Gasteiger charge is -2.34. The molecule has 1 rings (SSSR count). The summed E-state index contributed by atoms with van der Waals surface area (Å²) in [7, 11) is 0. The third-order valence-corrected chi connectivity index (χ3v) is 4.58. The van der Waals surface area contributed by atoms with Gasteiger partial charge in [0.2, 0.25) is 0 Å². The van der Waals surface area contributed by atoms with Gasteiger partial charge in [0.05, 0.1) is 6.10 Å². The minimum absolute atomic E-state index is 0.325. The Morgan fingerprint density at radius 1 is 1.28 bits per heavy atom. The van der Waals surface area contributed by atoms with Crippen LogP contribution in [0.25, 0.3) is 0 Å². The second kappa shape index (κ2) is 8.13. The molecule has 3 nitrogen and oxygen atoms in total. The van der Waals surface area contributed by atoms with E-state index in [1.165, 1.54) is 19.5 Å². The third-order valence-electron chi connectivity index (χ3n) is 4.58. The molecule has 4 atom stereocenters. The van der Waals surface area contributed by atoms with Crippen LogP contribution in [0.1, 0.15) is 41.0 Å². The van der Waals surface area contributed by atoms with E-state index < -0.39 is 0 Å². The molecule has 0 bridgehead atoms. The van der Waals surface area contributed by atoms with E-state index in [2.05, 4.69) is 44.8 Å². The topological polar surface area (TPSA) is 24.5 Å². The predicted molar refractivity (Wildman–Crippen MR) is 77.9 cm³/mol. The average molecular weight is 256 g/mol. The van der Waals surface area contributed by atoms with Crippen LogP contribution >= 0.6 is 0 Å². The van der Waals surface area contributed by atoms with Crippen molar-refractivity contribution < 1.29 is 4.74 Å². The molecule has 0 aromatic rings. The highest BCUT2D eigenvalue weighted by atomic mass is 16.5. The smallest absolute Gasteiger partial charge is 0.0699 e. The zero-order chi connectivity index (χ0) is 13.5. The number of rotatable bonds is 6. The molecule has 0 aromatic heterocycles. The van der Waals surface area contributed by atoms with Gasteiger partial charge in [-0.15, -0.1) is 0 Å². The second-order valence-corrected chi connectivity index (χ2v) is 5.75. The molecule has 18 heavy (non-hydrogen) atoms. The average Bonchev–Trinajstić information content (AvgIpc) is 2.63. The number of hydrogen-bond donors (Lipinski definition) is 1. The molecule has 1 fully saturated rings. The lowest BCUT2D eigenvalue weighted by molar-refractivity contribution is 0.00485. The van der Waals surface area contributed by atoms with E-state index in [0.717, 1.165) is 31.5 Å². The summed E-state index contributed by atoms with van der Waals surface area (Å²) in [6.07, 6.45) is 1.60. The summed E-state index contributed by atoms with van der Waals surface area (Å²) in [5, 5.41) is 3.59. The zero-order valence-corrected chi connectivity index (χ0v) is 12.9. The minimum Gasteiger partial charge on any atom is -0.377 e. The molecule has 1 aliphatic rings. The molecule has 1 heterocycles. The Labute approximate surface area is 113 Å². The van der Waals surface area contributed by atoms with Crippen molar-refractivity contribution in [3.05, 3.63) is 0 Å². The molecular weight excluding hydrogens is 224 g/mol. The van der Waals surface area contributed by atoms with Gasteiger partial charge >= 0.3 is 0 Å². The highest BCUT2D eigenvalue weighted by Gasteiger charge is 2.27. The Morgan fingerprint density at radius 2 is 2.00 bits per heavy atom. The van der Waals surface area contributed by atoms with Crippen LogP contribution in [0, 0.1) is 11.8 Å². The predicted octanol–water partition coefficient (Wildman–Crippen LogP) is 2.37. The van der Waals surface area contributed by atoms with Crippen LogP contribution < -0.4 is 5.32 Å². The molecule has 0 spiro atoms. The van der Waals surface area contributed by atoms with Gasteiger partial charge in [-0.1, -0.05) is 20.3 Å². The van der Waals surface area contributed by atoms with E-state index in [4.69, 9.17) is 4.74 Å². The Kier molecular flexibility index (Phi) is 7.20. The Bertz CT molecular complexity index is 223. The first-order valence-corrected chi connectivity index (χ1v) is 7.66. The fourth-order valence-electron chi connectivity index (χ4n) is 2.75. The van der Waals surface area contributed by atoms with E-state index in [-0.39, 0.29) is 0 Å². The molecule has 1 N–H and O–H groups in total. The lowest BCUT2D eigenvalue weighted by atomic mass is 9.91. The molecule has 0 aliphatic carbocycles. The van der Waals surface area contributed by atoms with E-state index >= 15 is 0 Å². The van der Waals surface area contributed by atoms with E-state index in [9.17, 15) is 0 Å². The largest absolute Gasteiger partial charge is 0.377 e. The van der Waals surface area contributed by atoms with Gasteiger partial charge in [-0.05, 0) is 39.2 Å². The SMILES string of the molecule is CCOC(C)[C@H](C)N1CCNC[C@@H](C(C)CC)C1. The first kappa shape index (κ1) is 15.9. The molecule has 0 amide bonds. The van der Waals surface area contributed by atoms with Crippen LogP contribution in [-0.4, -0.2) is 49.8 Å². The van der Waals surface area contributed by atoms with Crippen molar-refractivity contribution in [2.24, 2.45) is 11.8 Å². The molecule has 0 aromatic carbocycles.